The third kappa shape index (κ3) is 14.3. The quantitative estimate of drug-likeness (QED) is 0.107. The van der Waals surface area contributed by atoms with Gasteiger partial charge in [0.15, 0.2) is 0 Å². The second-order valence-corrected chi connectivity index (χ2v) is 32.7. The Hall–Kier alpha value is -16.4. The molecule has 0 nitrogen and oxygen atoms in total. The van der Waals surface area contributed by atoms with Crippen LogP contribution in [-0.2, 0) is 0 Å². The average molecular weight is 1600 g/mol. The SMILES string of the molecule is c1ccc(-c2ccc(-c3c4ccccc4c(-c4ccc5ccccc5c4)c4ccccc34)c(-c3ccccc3)c2)cc1.c1ccc(-c2ccc(-c3c4ccccc4c(-c4ccc5ccccc5c4)c4ccccc34)cc2-c2ccccc2)cc1.c1ccc(-c2ccc(-c3ccccc3)c(-c3c4ccccc4c(-c4ccc5ccccc5c4)c4ccccc34)c2)cc1. The molecule has 0 heterocycles. The fourth-order valence-electron chi connectivity index (χ4n) is 19.5. The van der Waals surface area contributed by atoms with Crippen molar-refractivity contribution in [2.24, 2.45) is 0 Å². The Bertz CT molecular complexity index is 8040. The monoisotopic (exact) mass is 1600 g/mol. The normalized spacial score (nSPS) is 11.3. The Kier molecular flexibility index (Phi) is 20.2. The highest BCUT2D eigenvalue weighted by molar-refractivity contribution is 6.26. The van der Waals surface area contributed by atoms with Crippen LogP contribution in [0.5, 0.6) is 0 Å². The van der Waals surface area contributed by atoms with E-state index in [-0.39, 0.29) is 0 Å². The van der Waals surface area contributed by atoms with Crippen molar-refractivity contribution in [2.75, 3.05) is 0 Å². The van der Waals surface area contributed by atoms with E-state index in [4.69, 9.17) is 0 Å². The molecule has 0 bridgehead atoms. The molecule has 0 fully saturated rings. The molecule has 0 aliphatic heterocycles. The van der Waals surface area contributed by atoms with Crippen molar-refractivity contribution in [2.45, 2.75) is 0 Å². The standard InChI is InChI=1S/3C42H28/c1-3-14-30(15-4-1)35-26-25-34(28-40(35)31-16-5-2-6-17-31)42-38-21-11-9-19-36(38)41(37-20-10-12-22-39(37)42)33-24-23-29-13-7-8-18-32(29)27-33;1-3-13-29(14-4-1)33-25-26-35(31-16-5-2-6-17-31)40(28-33)42-38-21-11-9-19-36(38)41(37-20-10-12-22-39(37)42)34-24-23-30-15-7-8-18-32(30)27-34;1-3-13-29(14-4-1)33-25-26-39(40(28-33)31-16-5-2-6-17-31)42-37-21-11-9-19-35(37)41(36-20-10-12-22-38(36)42)34-24-23-30-15-7-8-18-32(30)27-34/h3*1-28H. The lowest BCUT2D eigenvalue weighted by atomic mass is 9.82. The van der Waals surface area contributed by atoms with E-state index in [9.17, 15) is 0 Å². The van der Waals surface area contributed by atoms with E-state index >= 15 is 0 Å². The predicted octanol–water partition coefficient (Wildman–Crippen LogP) is 35.4. The number of rotatable bonds is 12. The van der Waals surface area contributed by atoms with Crippen LogP contribution in [0.15, 0.2) is 510 Å². The minimum atomic E-state index is 1.22. The van der Waals surface area contributed by atoms with Gasteiger partial charge >= 0.3 is 0 Å². The molecule has 588 valence electrons. The summed E-state index contributed by atoms with van der Waals surface area (Å²) in [5.41, 5.74) is 29.9. The van der Waals surface area contributed by atoms with E-state index < -0.39 is 0 Å². The summed E-state index contributed by atoms with van der Waals surface area (Å²) in [5, 5.41) is 22.8. The van der Waals surface area contributed by atoms with Crippen LogP contribution in [0, 0.1) is 0 Å². The first-order valence-electron chi connectivity index (χ1n) is 43.6. The van der Waals surface area contributed by atoms with Crippen LogP contribution in [-0.4, -0.2) is 0 Å². The van der Waals surface area contributed by atoms with Gasteiger partial charge < -0.3 is 0 Å². The summed E-state index contributed by atoms with van der Waals surface area (Å²) < 4.78 is 0. The molecule has 0 radical (unpaired) electrons. The molecule has 126 heavy (non-hydrogen) atoms. The summed E-state index contributed by atoms with van der Waals surface area (Å²) in [6.45, 7) is 0. The largest absolute Gasteiger partial charge is 0.0622 e. The van der Waals surface area contributed by atoms with Crippen molar-refractivity contribution in [1.29, 1.82) is 0 Å². The molecule has 24 rings (SSSR count). The van der Waals surface area contributed by atoms with Crippen molar-refractivity contribution in [3.05, 3.63) is 510 Å². The minimum Gasteiger partial charge on any atom is -0.0622 e. The highest BCUT2D eigenvalue weighted by Gasteiger charge is 2.25. The topological polar surface area (TPSA) is 0 Å². The third-order valence-corrected chi connectivity index (χ3v) is 25.3. The average Bonchev–Trinajstić information content (AvgIpc) is 0.739. The molecule has 0 heteroatoms. The number of fused-ring (bicyclic) bond motifs is 9. The maximum Gasteiger partial charge on any atom is -0.00199 e. The Labute approximate surface area is 734 Å². The molecule has 24 aromatic rings. The van der Waals surface area contributed by atoms with Gasteiger partial charge in [-0.25, -0.2) is 0 Å². The van der Waals surface area contributed by atoms with E-state index in [1.165, 1.54) is 230 Å². The van der Waals surface area contributed by atoms with Gasteiger partial charge in [-0.3, -0.25) is 0 Å². The number of benzene rings is 24. The van der Waals surface area contributed by atoms with Crippen LogP contribution < -0.4 is 0 Å². The second kappa shape index (κ2) is 33.6. The first-order valence-corrected chi connectivity index (χ1v) is 43.6. The zero-order chi connectivity index (χ0) is 83.6. The van der Waals surface area contributed by atoms with Crippen molar-refractivity contribution >= 4 is 97.0 Å². The Balaban J connectivity index is 0.000000112. The van der Waals surface area contributed by atoms with Crippen LogP contribution in [0.3, 0.4) is 0 Å². The summed E-state index contributed by atoms with van der Waals surface area (Å²) in [4.78, 5) is 0. The lowest BCUT2D eigenvalue weighted by Gasteiger charge is -2.20. The van der Waals surface area contributed by atoms with Crippen LogP contribution >= 0.6 is 0 Å². The number of hydrogen-bond donors (Lipinski definition) is 0. The summed E-state index contributed by atoms with van der Waals surface area (Å²) in [7, 11) is 0. The molecule has 0 spiro atoms. The van der Waals surface area contributed by atoms with Crippen LogP contribution in [0.2, 0.25) is 0 Å². The molecule has 0 saturated heterocycles. The van der Waals surface area contributed by atoms with Gasteiger partial charge in [0.2, 0.25) is 0 Å². The molecule has 24 aromatic carbocycles. The fourth-order valence-corrected chi connectivity index (χ4v) is 19.5. The van der Waals surface area contributed by atoms with Crippen LogP contribution in [0.4, 0.5) is 0 Å². The predicted molar refractivity (Wildman–Crippen MR) is 542 cm³/mol. The number of hydrogen-bond acceptors (Lipinski definition) is 0. The van der Waals surface area contributed by atoms with Gasteiger partial charge in [-0.15, -0.1) is 0 Å². The molecule has 0 aliphatic rings. The summed E-state index contributed by atoms with van der Waals surface area (Å²) >= 11 is 0. The van der Waals surface area contributed by atoms with Gasteiger partial charge in [-0.1, -0.05) is 473 Å². The lowest BCUT2D eigenvalue weighted by molar-refractivity contribution is 1.58. The maximum absolute atomic E-state index is 2.39. The Morgan fingerprint density at radius 3 is 0.563 bits per heavy atom. The first kappa shape index (κ1) is 75.8. The van der Waals surface area contributed by atoms with Gasteiger partial charge in [-0.2, -0.15) is 0 Å². The zero-order valence-corrected chi connectivity index (χ0v) is 69.5. The fraction of sp³-hybridized carbons (Fsp3) is 0. The van der Waals surface area contributed by atoms with Gasteiger partial charge in [0.1, 0.15) is 0 Å². The Morgan fingerprint density at radius 1 is 0.0794 bits per heavy atom. The summed E-state index contributed by atoms with van der Waals surface area (Å²) in [6.07, 6.45) is 0. The van der Waals surface area contributed by atoms with Gasteiger partial charge in [0.25, 0.3) is 0 Å². The zero-order valence-electron chi connectivity index (χ0n) is 69.5. The van der Waals surface area contributed by atoms with Gasteiger partial charge in [-0.05, 0) is 267 Å². The van der Waals surface area contributed by atoms with Crippen molar-refractivity contribution in [3.63, 3.8) is 0 Å². The summed E-state index contributed by atoms with van der Waals surface area (Å²) in [5.74, 6) is 0. The van der Waals surface area contributed by atoms with Gasteiger partial charge in [0.05, 0.1) is 0 Å². The molecule has 0 atom stereocenters. The minimum absolute atomic E-state index is 1.22. The molecule has 0 saturated carbocycles. The molecular formula is C126H84. The van der Waals surface area contributed by atoms with Gasteiger partial charge in [0, 0.05) is 0 Å². The molecule has 0 aliphatic carbocycles. The maximum atomic E-state index is 2.39. The molecule has 0 aromatic heterocycles. The van der Waals surface area contributed by atoms with Crippen LogP contribution in [0.25, 0.3) is 230 Å². The molecule has 0 N–H and O–H groups in total. The van der Waals surface area contributed by atoms with Crippen LogP contribution in [0.1, 0.15) is 0 Å². The van der Waals surface area contributed by atoms with E-state index in [0.717, 1.165) is 0 Å². The first-order chi connectivity index (χ1) is 62.5. The molecular weight excluding hydrogens is 1510 g/mol. The summed E-state index contributed by atoms with van der Waals surface area (Å²) in [6, 6.07) is 185. The highest BCUT2D eigenvalue weighted by atomic mass is 14.3. The molecule has 0 unspecified atom stereocenters. The lowest BCUT2D eigenvalue weighted by Crippen LogP contribution is -1.93. The highest BCUT2D eigenvalue weighted by Crippen LogP contribution is 2.52. The smallest absolute Gasteiger partial charge is 0.00199 e. The van der Waals surface area contributed by atoms with E-state index in [0.29, 0.717) is 0 Å². The van der Waals surface area contributed by atoms with E-state index in [1.54, 1.807) is 0 Å². The third-order valence-electron chi connectivity index (χ3n) is 25.3. The van der Waals surface area contributed by atoms with E-state index in [1.807, 2.05) is 0 Å². The van der Waals surface area contributed by atoms with E-state index in [2.05, 4.69) is 510 Å². The van der Waals surface area contributed by atoms with Crippen molar-refractivity contribution < 1.29 is 0 Å². The Morgan fingerprint density at radius 2 is 0.262 bits per heavy atom. The molecule has 0 amide bonds. The van der Waals surface area contributed by atoms with Crippen molar-refractivity contribution in [3.8, 4) is 134 Å². The second-order valence-electron chi connectivity index (χ2n) is 32.7. The van der Waals surface area contributed by atoms with Crippen molar-refractivity contribution in [1.82, 2.24) is 0 Å².